The number of nitrogens with one attached hydrogen (secondary N) is 1. The molecule has 5 rings (SSSR count). The maximum Gasteiger partial charge on any atom is 0.292 e. The number of rotatable bonds is 4. The molecule has 0 spiro atoms. The number of carbonyl (C=O) groups excluding carboxylic acids is 1. The van der Waals surface area contributed by atoms with Crippen LogP contribution in [0.1, 0.15) is 10.4 Å². The minimum absolute atomic E-state index is 0.108. The Labute approximate surface area is 214 Å². The van der Waals surface area contributed by atoms with E-state index >= 15 is 0 Å². The molecule has 1 amide bonds. The monoisotopic (exact) mass is 505 g/mol. The number of piperazine rings is 1. The van der Waals surface area contributed by atoms with E-state index < -0.39 is 0 Å². The fourth-order valence-corrected chi connectivity index (χ4v) is 4.94. The van der Waals surface area contributed by atoms with Gasteiger partial charge in [0.25, 0.3) is 11.6 Å². The topological polar surface area (TPSA) is 91.2 Å². The van der Waals surface area contributed by atoms with Crippen LogP contribution in [-0.2, 0) is 4.74 Å². The lowest BCUT2D eigenvalue weighted by Gasteiger charge is -2.37. The number of amides is 1. The largest absolute Gasteiger partial charge is 0.378 e. The van der Waals surface area contributed by atoms with E-state index in [-0.39, 0.29) is 16.5 Å². The number of benzene rings is 3. The molecule has 2 aliphatic rings. The molecule has 2 fully saturated rings. The molecule has 2 heterocycles. The van der Waals surface area contributed by atoms with Crippen LogP contribution in [0.4, 0.5) is 17.1 Å². The smallest absolute Gasteiger partial charge is 0.292 e. The third-order valence-corrected chi connectivity index (χ3v) is 7.03. The summed E-state index contributed by atoms with van der Waals surface area (Å²) in [7, 11) is 0. The second-order valence-corrected chi connectivity index (χ2v) is 9.21. The van der Waals surface area contributed by atoms with Crippen LogP contribution < -0.4 is 15.1 Å². The molecular weight excluding hydrogens is 478 g/mol. The van der Waals surface area contributed by atoms with Crippen molar-refractivity contribution in [3.05, 3.63) is 76.3 Å². The summed E-state index contributed by atoms with van der Waals surface area (Å²) in [6.45, 7) is 5.03. The number of nitro benzene ring substituents is 1. The lowest BCUT2D eigenvalue weighted by molar-refractivity contribution is -0.384. The summed E-state index contributed by atoms with van der Waals surface area (Å²) in [6.07, 6.45) is 0. The van der Waals surface area contributed by atoms with Gasteiger partial charge < -0.3 is 19.4 Å². The predicted octanol–water partition coefficient (Wildman–Crippen LogP) is 3.42. The summed E-state index contributed by atoms with van der Waals surface area (Å²) < 4.78 is 5.41. The van der Waals surface area contributed by atoms with Gasteiger partial charge >= 0.3 is 0 Å². The van der Waals surface area contributed by atoms with E-state index in [1.807, 2.05) is 52.3 Å². The number of hydrogen-bond acceptors (Lipinski definition) is 7. The van der Waals surface area contributed by atoms with Crippen molar-refractivity contribution < 1.29 is 14.5 Å². The van der Waals surface area contributed by atoms with Crippen LogP contribution >= 0.6 is 12.2 Å². The molecule has 0 aliphatic carbocycles. The fraction of sp³-hybridized carbons (Fsp3) is 0.308. The molecule has 1 N–H and O–H groups in total. The number of carbonyl (C=O) groups is 1. The van der Waals surface area contributed by atoms with E-state index in [2.05, 4.69) is 10.2 Å². The van der Waals surface area contributed by atoms with Crippen LogP contribution in [0.2, 0.25) is 0 Å². The number of hydrogen-bond donors (Lipinski definition) is 1. The van der Waals surface area contributed by atoms with E-state index in [0.29, 0.717) is 68.8 Å². The highest BCUT2D eigenvalue weighted by atomic mass is 32.1. The third kappa shape index (κ3) is 5.09. The molecule has 186 valence electrons. The maximum atomic E-state index is 12.8. The molecule has 0 bridgehead atoms. The molecule has 0 aromatic heterocycles. The van der Waals surface area contributed by atoms with Gasteiger partial charge in [-0.05, 0) is 47.3 Å². The molecule has 0 unspecified atom stereocenters. The zero-order chi connectivity index (χ0) is 25.1. The quantitative estimate of drug-likeness (QED) is 0.328. The molecule has 0 atom stereocenters. The molecule has 3 aromatic rings. The van der Waals surface area contributed by atoms with Crippen molar-refractivity contribution in [2.45, 2.75) is 0 Å². The summed E-state index contributed by atoms with van der Waals surface area (Å²) in [5.74, 6) is -0.223. The van der Waals surface area contributed by atoms with Gasteiger partial charge in [0, 0.05) is 56.6 Å². The van der Waals surface area contributed by atoms with Crippen molar-refractivity contribution in [3.63, 3.8) is 0 Å². The highest BCUT2D eigenvalue weighted by molar-refractivity contribution is 7.80. The Hall–Kier alpha value is -3.76. The van der Waals surface area contributed by atoms with Crippen molar-refractivity contribution in [2.75, 3.05) is 62.3 Å². The van der Waals surface area contributed by atoms with Crippen LogP contribution in [0.5, 0.6) is 0 Å². The van der Waals surface area contributed by atoms with Gasteiger partial charge in [-0.2, -0.15) is 0 Å². The standard InChI is InChI=1S/C26H27N5O4S/c32-25(21-6-5-19-3-1-2-4-20(19)17-21)27-26(36)30-11-9-28(10-12-30)22-7-8-23(31(33)34)24(18-22)29-13-15-35-16-14-29/h1-8,17-18H,9-16H2,(H,27,32,36). The number of nitrogens with zero attached hydrogens (tertiary/aromatic N) is 4. The van der Waals surface area contributed by atoms with Crippen LogP contribution in [0.15, 0.2) is 60.7 Å². The Morgan fingerprint density at radius 1 is 0.889 bits per heavy atom. The highest BCUT2D eigenvalue weighted by Gasteiger charge is 2.25. The van der Waals surface area contributed by atoms with E-state index in [9.17, 15) is 14.9 Å². The second kappa shape index (κ2) is 10.5. The predicted molar refractivity (Wildman–Crippen MR) is 144 cm³/mol. The summed E-state index contributed by atoms with van der Waals surface area (Å²) in [4.78, 5) is 30.3. The van der Waals surface area contributed by atoms with Crippen LogP contribution in [0.3, 0.4) is 0 Å². The zero-order valence-corrected chi connectivity index (χ0v) is 20.6. The first-order chi connectivity index (χ1) is 17.5. The Bertz CT molecular complexity index is 1300. The molecule has 2 aliphatic heterocycles. The summed E-state index contributed by atoms with van der Waals surface area (Å²) in [6, 6.07) is 18.8. The van der Waals surface area contributed by atoms with Crippen LogP contribution in [0.25, 0.3) is 10.8 Å². The first-order valence-electron chi connectivity index (χ1n) is 11.9. The van der Waals surface area contributed by atoms with Gasteiger partial charge in [-0.25, -0.2) is 0 Å². The van der Waals surface area contributed by atoms with Crippen LogP contribution in [0, 0.1) is 10.1 Å². The van der Waals surface area contributed by atoms with Gasteiger partial charge in [0.15, 0.2) is 5.11 Å². The summed E-state index contributed by atoms with van der Waals surface area (Å²) in [5, 5.41) is 17.0. The molecule has 3 aromatic carbocycles. The zero-order valence-electron chi connectivity index (χ0n) is 19.8. The van der Waals surface area contributed by atoms with E-state index in [1.165, 1.54) is 0 Å². The SMILES string of the molecule is O=C(NC(=S)N1CCN(c2ccc([N+](=O)[O-])c(N3CCOCC3)c2)CC1)c1ccc2ccccc2c1. The lowest BCUT2D eigenvalue weighted by Crippen LogP contribution is -2.52. The highest BCUT2D eigenvalue weighted by Crippen LogP contribution is 2.33. The van der Waals surface area contributed by atoms with Crippen molar-refractivity contribution in [1.29, 1.82) is 0 Å². The van der Waals surface area contributed by atoms with E-state index in [4.69, 9.17) is 17.0 Å². The lowest BCUT2D eigenvalue weighted by atomic mass is 10.1. The van der Waals surface area contributed by atoms with Crippen molar-refractivity contribution in [3.8, 4) is 0 Å². The Morgan fingerprint density at radius 2 is 1.61 bits per heavy atom. The summed E-state index contributed by atoms with van der Waals surface area (Å²) in [5.41, 5.74) is 2.24. The molecule has 2 saturated heterocycles. The number of fused-ring (bicyclic) bond motifs is 1. The molecule has 9 nitrogen and oxygen atoms in total. The van der Waals surface area contributed by atoms with Crippen molar-refractivity contribution in [1.82, 2.24) is 10.2 Å². The molecular formula is C26H27N5O4S. The Kier molecular flexibility index (Phi) is 6.97. The number of thiocarbonyl (C=S) groups is 1. The summed E-state index contributed by atoms with van der Waals surface area (Å²) >= 11 is 5.54. The van der Waals surface area contributed by atoms with Gasteiger partial charge in [-0.1, -0.05) is 30.3 Å². The van der Waals surface area contributed by atoms with Gasteiger partial charge in [0.1, 0.15) is 5.69 Å². The van der Waals surface area contributed by atoms with Crippen molar-refractivity contribution in [2.24, 2.45) is 0 Å². The van der Waals surface area contributed by atoms with Gasteiger partial charge in [0.05, 0.1) is 18.1 Å². The van der Waals surface area contributed by atoms with Gasteiger partial charge in [0.2, 0.25) is 0 Å². The molecule has 36 heavy (non-hydrogen) atoms. The average molecular weight is 506 g/mol. The van der Waals surface area contributed by atoms with Crippen LogP contribution in [-0.4, -0.2) is 73.3 Å². The number of morpholine rings is 1. The van der Waals surface area contributed by atoms with Crippen molar-refractivity contribution >= 4 is 51.1 Å². The molecule has 0 saturated carbocycles. The van der Waals surface area contributed by atoms with E-state index in [1.54, 1.807) is 18.2 Å². The normalized spacial score (nSPS) is 16.2. The minimum atomic E-state index is -0.330. The number of nitro groups is 1. The first-order valence-corrected chi connectivity index (χ1v) is 12.4. The Balaban J connectivity index is 1.22. The average Bonchev–Trinajstić information content (AvgIpc) is 2.93. The van der Waals surface area contributed by atoms with E-state index in [0.717, 1.165) is 16.5 Å². The molecule has 10 heteroatoms. The molecule has 0 radical (unpaired) electrons. The maximum absolute atomic E-state index is 12.8. The number of ether oxygens (including phenoxy) is 1. The second-order valence-electron chi connectivity index (χ2n) is 8.82. The Morgan fingerprint density at radius 3 is 2.33 bits per heavy atom. The number of anilines is 2. The van der Waals surface area contributed by atoms with Gasteiger partial charge in [-0.15, -0.1) is 0 Å². The first kappa shape index (κ1) is 24.0. The third-order valence-electron chi connectivity index (χ3n) is 6.67. The fourth-order valence-electron chi connectivity index (χ4n) is 4.67. The van der Waals surface area contributed by atoms with Gasteiger partial charge in [-0.3, -0.25) is 20.2 Å². The minimum Gasteiger partial charge on any atom is -0.378 e.